The number of hydrogen-bond donors (Lipinski definition) is 0. The highest BCUT2D eigenvalue weighted by Crippen LogP contribution is 2.12. The molecule has 6 heteroatoms. The summed E-state index contributed by atoms with van der Waals surface area (Å²) in [6.07, 6.45) is 1.43. The fourth-order valence-corrected chi connectivity index (χ4v) is 1.57. The summed E-state index contributed by atoms with van der Waals surface area (Å²) in [5.74, 6) is -0.586. The van der Waals surface area contributed by atoms with Gasteiger partial charge in [0.05, 0.1) is 5.33 Å². The molecule has 0 aliphatic heterocycles. The van der Waals surface area contributed by atoms with Gasteiger partial charge < -0.3 is 4.42 Å². The highest BCUT2D eigenvalue weighted by atomic mass is 79.9. The number of carbonyl (C=O) groups excluding carboxylic acids is 1. The molecule has 0 spiro atoms. The second-order valence-corrected chi connectivity index (χ2v) is 3.59. The van der Waals surface area contributed by atoms with Crippen molar-refractivity contribution in [3.8, 4) is 0 Å². The van der Waals surface area contributed by atoms with Gasteiger partial charge in [-0.3, -0.25) is 9.36 Å². The monoisotopic (exact) mass is 270 g/mol. The van der Waals surface area contributed by atoms with E-state index in [9.17, 15) is 9.59 Å². The predicted octanol–water partition coefficient (Wildman–Crippen LogP) is 1.10. The molecule has 2 aromatic rings. The number of fused-ring (bicyclic) bond motifs is 1. The van der Waals surface area contributed by atoms with Crippen molar-refractivity contribution in [1.29, 1.82) is 0 Å². The van der Waals surface area contributed by atoms with Gasteiger partial charge in [0, 0.05) is 18.8 Å². The van der Waals surface area contributed by atoms with Crippen LogP contribution in [0.4, 0.5) is 0 Å². The van der Waals surface area contributed by atoms with Crippen molar-refractivity contribution in [3.05, 3.63) is 28.4 Å². The van der Waals surface area contributed by atoms with E-state index in [1.165, 1.54) is 16.8 Å². The van der Waals surface area contributed by atoms with Gasteiger partial charge in [-0.25, -0.2) is 9.78 Å². The Morgan fingerprint density at radius 1 is 1.67 bits per heavy atom. The minimum absolute atomic E-state index is 0.101. The van der Waals surface area contributed by atoms with Gasteiger partial charge in [-0.2, -0.15) is 0 Å². The summed E-state index contributed by atoms with van der Waals surface area (Å²) in [6.45, 7) is 0. The topological polar surface area (TPSA) is 65.1 Å². The van der Waals surface area contributed by atoms with Crippen LogP contribution in [0.15, 0.2) is 21.5 Å². The Morgan fingerprint density at radius 2 is 2.40 bits per heavy atom. The summed E-state index contributed by atoms with van der Waals surface area (Å²) in [7, 11) is 1.56. The highest BCUT2D eigenvalue weighted by Gasteiger charge is 2.11. The first-order valence-corrected chi connectivity index (χ1v) is 5.30. The Labute approximate surface area is 92.8 Å². The first-order valence-electron chi connectivity index (χ1n) is 4.18. The van der Waals surface area contributed by atoms with Crippen LogP contribution >= 0.6 is 15.9 Å². The van der Waals surface area contributed by atoms with Crippen molar-refractivity contribution in [1.82, 2.24) is 9.55 Å². The van der Waals surface area contributed by atoms with Gasteiger partial charge in [-0.1, -0.05) is 15.9 Å². The van der Waals surface area contributed by atoms with Gasteiger partial charge in [0.2, 0.25) is 0 Å². The molecule has 5 nitrogen and oxygen atoms in total. The maximum absolute atomic E-state index is 11.3. The van der Waals surface area contributed by atoms with Crippen LogP contribution in [0.1, 0.15) is 10.4 Å². The van der Waals surface area contributed by atoms with Crippen molar-refractivity contribution < 1.29 is 9.21 Å². The molecule has 0 aliphatic carbocycles. The van der Waals surface area contributed by atoms with Gasteiger partial charge in [-0.05, 0) is 6.07 Å². The molecule has 0 unspecified atom stereocenters. The molecule has 0 aliphatic rings. The Morgan fingerprint density at radius 3 is 3.07 bits per heavy atom. The molecule has 0 fully saturated rings. The number of nitrogens with zero attached hydrogens (tertiary/aromatic N) is 2. The van der Waals surface area contributed by atoms with E-state index in [0.717, 1.165) is 0 Å². The van der Waals surface area contributed by atoms with Crippen molar-refractivity contribution in [3.63, 3.8) is 0 Å². The molecule has 0 saturated heterocycles. The third-order valence-corrected chi connectivity index (χ3v) is 2.57. The van der Waals surface area contributed by atoms with E-state index in [1.807, 2.05) is 0 Å². The highest BCUT2D eigenvalue weighted by molar-refractivity contribution is 9.09. The summed E-state index contributed by atoms with van der Waals surface area (Å²) < 4.78 is 6.20. The Balaban J connectivity index is 2.67. The summed E-state index contributed by atoms with van der Waals surface area (Å²) in [4.78, 5) is 26.5. The lowest BCUT2D eigenvalue weighted by atomic mass is 10.2. The van der Waals surface area contributed by atoms with E-state index in [4.69, 9.17) is 4.42 Å². The largest absolute Gasteiger partial charge is 0.420 e. The summed E-state index contributed by atoms with van der Waals surface area (Å²) in [6, 6.07) is 1.52. The minimum atomic E-state index is -0.485. The molecule has 0 bridgehead atoms. The van der Waals surface area contributed by atoms with Crippen LogP contribution < -0.4 is 5.76 Å². The second kappa shape index (κ2) is 3.62. The fourth-order valence-electron chi connectivity index (χ4n) is 1.24. The van der Waals surface area contributed by atoms with Crippen molar-refractivity contribution >= 4 is 32.9 Å². The van der Waals surface area contributed by atoms with Crippen LogP contribution in [-0.2, 0) is 7.05 Å². The number of rotatable bonds is 2. The lowest BCUT2D eigenvalue weighted by molar-refractivity contribution is 0.102. The molecule has 0 aromatic carbocycles. The fraction of sp³-hybridized carbons (Fsp3) is 0.222. The summed E-state index contributed by atoms with van der Waals surface area (Å²) in [5, 5.41) is 0.219. The van der Waals surface area contributed by atoms with Crippen molar-refractivity contribution in [2.24, 2.45) is 7.05 Å². The molecule has 2 heterocycles. The predicted molar refractivity (Wildman–Crippen MR) is 57.4 cm³/mol. The van der Waals surface area contributed by atoms with Gasteiger partial charge in [-0.15, -0.1) is 0 Å². The van der Waals surface area contributed by atoms with E-state index in [1.54, 1.807) is 7.05 Å². The molecule has 2 rings (SSSR count). The van der Waals surface area contributed by atoms with Gasteiger partial charge in [0.1, 0.15) is 0 Å². The number of hydrogen-bond acceptors (Lipinski definition) is 4. The first kappa shape index (κ1) is 10.1. The number of alkyl halides is 1. The van der Waals surface area contributed by atoms with Crippen LogP contribution in [0.25, 0.3) is 11.2 Å². The lowest BCUT2D eigenvalue weighted by Crippen LogP contribution is -2.09. The maximum atomic E-state index is 11.3. The molecule has 0 radical (unpaired) electrons. The molecule has 0 amide bonds. The zero-order valence-corrected chi connectivity index (χ0v) is 9.44. The molecular formula is C9H7BrN2O3. The zero-order valence-electron chi connectivity index (χ0n) is 7.86. The Hall–Kier alpha value is -1.43. The molecular weight excluding hydrogens is 264 g/mol. The average molecular weight is 271 g/mol. The van der Waals surface area contributed by atoms with Gasteiger partial charge in [0.15, 0.2) is 17.0 Å². The maximum Gasteiger partial charge on any atom is 0.420 e. The first-order chi connectivity index (χ1) is 7.13. The number of carbonyl (C=O) groups is 1. The SMILES string of the molecule is Cn1c(=O)oc2cc(C(=O)CBr)cnc21. The normalized spacial score (nSPS) is 10.8. The van der Waals surface area contributed by atoms with Crippen LogP contribution in [-0.4, -0.2) is 20.7 Å². The average Bonchev–Trinajstić information content (AvgIpc) is 2.53. The molecule has 15 heavy (non-hydrogen) atoms. The number of aryl methyl sites for hydroxylation is 1. The zero-order chi connectivity index (χ0) is 11.0. The quantitative estimate of drug-likeness (QED) is 0.606. The Bertz CT molecular complexity index is 585. The number of Topliss-reactive ketones (excluding diaryl/α,β-unsaturated/α-hetero) is 1. The number of pyridine rings is 1. The standard InChI is InChI=1S/C9H7BrN2O3/c1-12-8-7(15-9(12)14)2-5(4-11-8)6(13)3-10/h2,4H,3H2,1H3. The number of oxazole rings is 1. The van der Waals surface area contributed by atoms with E-state index in [-0.39, 0.29) is 11.1 Å². The van der Waals surface area contributed by atoms with Gasteiger partial charge >= 0.3 is 5.76 Å². The third-order valence-electron chi connectivity index (χ3n) is 2.07. The van der Waals surface area contributed by atoms with E-state index >= 15 is 0 Å². The summed E-state index contributed by atoms with van der Waals surface area (Å²) >= 11 is 3.06. The smallest absolute Gasteiger partial charge is 0.406 e. The Kier molecular flexibility index (Phi) is 2.44. The minimum Gasteiger partial charge on any atom is -0.406 e. The number of ketones is 1. The lowest BCUT2D eigenvalue weighted by Gasteiger charge is -1.95. The molecule has 78 valence electrons. The van der Waals surface area contributed by atoms with Crippen LogP contribution in [0.5, 0.6) is 0 Å². The molecule has 0 saturated carbocycles. The molecule has 0 N–H and O–H groups in total. The second-order valence-electron chi connectivity index (χ2n) is 3.03. The van der Waals surface area contributed by atoms with Gasteiger partial charge in [0.25, 0.3) is 0 Å². The third kappa shape index (κ3) is 1.61. The van der Waals surface area contributed by atoms with E-state index in [0.29, 0.717) is 16.8 Å². The van der Waals surface area contributed by atoms with Crippen LogP contribution in [0.2, 0.25) is 0 Å². The number of aromatic nitrogens is 2. The molecule has 2 aromatic heterocycles. The van der Waals surface area contributed by atoms with Crippen molar-refractivity contribution in [2.45, 2.75) is 0 Å². The van der Waals surface area contributed by atoms with Crippen LogP contribution in [0.3, 0.4) is 0 Å². The van der Waals surface area contributed by atoms with Crippen LogP contribution in [0, 0.1) is 0 Å². The van der Waals surface area contributed by atoms with Crippen molar-refractivity contribution in [2.75, 3.05) is 5.33 Å². The van der Waals surface area contributed by atoms with E-state index in [2.05, 4.69) is 20.9 Å². The number of halogens is 1. The summed E-state index contributed by atoms with van der Waals surface area (Å²) in [5.41, 5.74) is 1.19. The molecule has 0 atom stereocenters. The van der Waals surface area contributed by atoms with E-state index < -0.39 is 5.76 Å².